The molecule has 1 fully saturated rings. The van der Waals surface area contributed by atoms with Crippen molar-refractivity contribution in [3.05, 3.63) is 37.1 Å². The summed E-state index contributed by atoms with van der Waals surface area (Å²) in [6.07, 6.45) is 5.67. The van der Waals surface area contributed by atoms with Gasteiger partial charge in [0.2, 0.25) is 5.91 Å². The molecule has 0 bridgehead atoms. The molecule has 104 valence electrons. The Morgan fingerprint density at radius 2 is 2.40 bits per heavy atom. The standard InChI is InChI=1S/C13H16N6O/c20-13(8-19-10-14-9-16-19)17-11-4-6-18(7-11)12-3-1-2-5-15-12/h1-3,5,9-11H,4,6-8H2,(H,17,20). The smallest absolute Gasteiger partial charge is 0.242 e. The second-order valence-corrected chi connectivity index (χ2v) is 4.78. The van der Waals surface area contributed by atoms with Gasteiger partial charge in [-0.25, -0.2) is 14.6 Å². The Balaban J connectivity index is 1.52. The number of pyridine rings is 1. The lowest BCUT2D eigenvalue weighted by Crippen LogP contribution is -2.39. The molecule has 7 heteroatoms. The average molecular weight is 272 g/mol. The Morgan fingerprint density at radius 1 is 1.45 bits per heavy atom. The lowest BCUT2D eigenvalue weighted by molar-refractivity contribution is -0.122. The predicted molar refractivity (Wildman–Crippen MR) is 73.0 cm³/mol. The van der Waals surface area contributed by atoms with E-state index in [2.05, 4.69) is 25.3 Å². The van der Waals surface area contributed by atoms with Crippen molar-refractivity contribution in [1.82, 2.24) is 25.1 Å². The Kier molecular flexibility index (Phi) is 3.58. The number of amides is 1. The number of rotatable bonds is 4. The molecule has 1 amide bonds. The third-order valence-corrected chi connectivity index (χ3v) is 3.30. The summed E-state index contributed by atoms with van der Waals surface area (Å²) in [6, 6.07) is 6.02. The Hall–Kier alpha value is -2.44. The van der Waals surface area contributed by atoms with Crippen LogP contribution in [0.3, 0.4) is 0 Å². The van der Waals surface area contributed by atoms with Crippen molar-refractivity contribution in [2.75, 3.05) is 18.0 Å². The molecule has 0 aliphatic carbocycles. The molecule has 0 radical (unpaired) electrons. The van der Waals surface area contributed by atoms with Crippen LogP contribution < -0.4 is 10.2 Å². The van der Waals surface area contributed by atoms with E-state index in [-0.39, 0.29) is 18.5 Å². The first-order valence-corrected chi connectivity index (χ1v) is 6.59. The van der Waals surface area contributed by atoms with Crippen LogP contribution in [0.2, 0.25) is 0 Å². The van der Waals surface area contributed by atoms with Crippen molar-refractivity contribution in [3.8, 4) is 0 Å². The summed E-state index contributed by atoms with van der Waals surface area (Å²) < 4.78 is 1.51. The van der Waals surface area contributed by atoms with Gasteiger partial charge in [-0.05, 0) is 18.6 Å². The fourth-order valence-electron chi connectivity index (χ4n) is 2.36. The zero-order valence-electron chi connectivity index (χ0n) is 11.0. The molecule has 3 rings (SSSR count). The van der Waals surface area contributed by atoms with E-state index in [9.17, 15) is 4.79 Å². The highest BCUT2D eigenvalue weighted by Crippen LogP contribution is 2.17. The van der Waals surface area contributed by atoms with Crippen molar-refractivity contribution in [2.45, 2.75) is 19.0 Å². The molecule has 2 aromatic heterocycles. The molecule has 1 saturated heterocycles. The van der Waals surface area contributed by atoms with E-state index in [1.54, 1.807) is 6.20 Å². The fourth-order valence-corrected chi connectivity index (χ4v) is 2.36. The van der Waals surface area contributed by atoms with Gasteiger partial charge in [0.15, 0.2) is 0 Å². The van der Waals surface area contributed by atoms with Crippen molar-refractivity contribution in [1.29, 1.82) is 0 Å². The zero-order valence-corrected chi connectivity index (χ0v) is 11.0. The summed E-state index contributed by atoms with van der Waals surface area (Å²) in [6.45, 7) is 1.91. The van der Waals surface area contributed by atoms with Crippen molar-refractivity contribution in [3.63, 3.8) is 0 Å². The number of nitrogens with zero attached hydrogens (tertiary/aromatic N) is 5. The largest absolute Gasteiger partial charge is 0.354 e. The lowest BCUT2D eigenvalue weighted by atomic mass is 10.2. The minimum absolute atomic E-state index is 0.0385. The average Bonchev–Trinajstić information content (AvgIpc) is 3.11. The highest BCUT2D eigenvalue weighted by Gasteiger charge is 2.24. The lowest BCUT2D eigenvalue weighted by Gasteiger charge is -2.17. The maximum Gasteiger partial charge on any atom is 0.242 e. The van der Waals surface area contributed by atoms with Crippen LogP contribution in [-0.4, -0.2) is 44.8 Å². The van der Waals surface area contributed by atoms with Crippen LogP contribution in [0.25, 0.3) is 0 Å². The number of carbonyl (C=O) groups excluding carboxylic acids is 1. The third-order valence-electron chi connectivity index (χ3n) is 3.30. The molecule has 1 atom stereocenters. The van der Waals surface area contributed by atoms with Gasteiger partial charge in [-0.15, -0.1) is 0 Å². The van der Waals surface area contributed by atoms with Gasteiger partial charge in [0, 0.05) is 25.3 Å². The quantitative estimate of drug-likeness (QED) is 0.852. The molecule has 1 aliphatic heterocycles. The summed E-state index contributed by atoms with van der Waals surface area (Å²) >= 11 is 0. The highest BCUT2D eigenvalue weighted by molar-refractivity contribution is 5.76. The van der Waals surface area contributed by atoms with Gasteiger partial charge >= 0.3 is 0 Å². The minimum Gasteiger partial charge on any atom is -0.354 e. The predicted octanol–water partition coefficient (Wildman–Crippen LogP) is 0.0682. The van der Waals surface area contributed by atoms with Crippen molar-refractivity contribution in [2.24, 2.45) is 0 Å². The Labute approximate surface area is 116 Å². The van der Waals surface area contributed by atoms with E-state index >= 15 is 0 Å². The number of hydrogen-bond donors (Lipinski definition) is 1. The number of carbonyl (C=O) groups is 1. The first-order chi connectivity index (χ1) is 9.81. The fraction of sp³-hybridized carbons (Fsp3) is 0.385. The summed E-state index contributed by atoms with van der Waals surface area (Å²) in [5.74, 6) is 0.920. The number of hydrogen-bond acceptors (Lipinski definition) is 5. The van der Waals surface area contributed by atoms with E-state index < -0.39 is 0 Å². The van der Waals surface area contributed by atoms with Gasteiger partial charge < -0.3 is 10.2 Å². The van der Waals surface area contributed by atoms with E-state index in [0.717, 1.165) is 25.3 Å². The molecular weight excluding hydrogens is 256 g/mol. The van der Waals surface area contributed by atoms with Crippen molar-refractivity contribution < 1.29 is 4.79 Å². The molecule has 20 heavy (non-hydrogen) atoms. The molecule has 1 N–H and O–H groups in total. The number of aromatic nitrogens is 4. The monoisotopic (exact) mass is 272 g/mol. The van der Waals surface area contributed by atoms with E-state index in [4.69, 9.17) is 0 Å². The van der Waals surface area contributed by atoms with Gasteiger partial charge in [-0.2, -0.15) is 5.10 Å². The number of nitrogens with one attached hydrogen (secondary N) is 1. The molecule has 2 aromatic rings. The van der Waals surface area contributed by atoms with Crippen LogP contribution in [0.15, 0.2) is 37.1 Å². The minimum atomic E-state index is -0.0385. The Morgan fingerprint density at radius 3 is 3.15 bits per heavy atom. The normalized spacial score (nSPS) is 18.2. The molecule has 0 aromatic carbocycles. The number of anilines is 1. The molecular formula is C13H16N6O. The zero-order chi connectivity index (χ0) is 13.8. The highest BCUT2D eigenvalue weighted by atomic mass is 16.2. The van der Waals surface area contributed by atoms with Crippen molar-refractivity contribution >= 4 is 11.7 Å². The summed E-state index contributed by atoms with van der Waals surface area (Å²) in [4.78, 5) is 22.2. The maximum absolute atomic E-state index is 11.9. The van der Waals surface area contributed by atoms with Crippen LogP contribution in [0.1, 0.15) is 6.42 Å². The molecule has 0 spiro atoms. The van der Waals surface area contributed by atoms with E-state index in [1.807, 2.05) is 18.2 Å². The second-order valence-electron chi connectivity index (χ2n) is 4.78. The summed E-state index contributed by atoms with van der Waals surface area (Å²) in [5.41, 5.74) is 0. The van der Waals surface area contributed by atoms with Gasteiger partial charge in [0.25, 0.3) is 0 Å². The van der Waals surface area contributed by atoms with Gasteiger partial charge in [-0.1, -0.05) is 6.07 Å². The summed E-state index contributed by atoms with van der Waals surface area (Å²) in [5, 5.41) is 6.94. The molecule has 1 aliphatic rings. The first-order valence-electron chi connectivity index (χ1n) is 6.59. The topological polar surface area (TPSA) is 75.9 Å². The molecule has 7 nitrogen and oxygen atoms in total. The van der Waals surface area contributed by atoms with Crippen LogP contribution in [0.5, 0.6) is 0 Å². The third kappa shape index (κ3) is 2.93. The first kappa shape index (κ1) is 12.6. The van der Waals surface area contributed by atoms with E-state index in [1.165, 1.54) is 17.3 Å². The van der Waals surface area contributed by atoms with Crippen LogP contribution >= 0.6 is 0 Å². The van der Waals surface area contributed by atoms with Gasteiger partial charge in [-0.3, -0.25) is 4.79 Å². The van der Waals surface area contributed by atoms with Crippen LogP contribution in [0.4, 0.5) is 5.82 Å². The summed E-state index contributed by atoms with van der Waals surface area (Å²) in [7, 11) is 0. The maximum atomic E-state index is 11.9. The second kappa shape index (κ2) is 5.68. The SMILES string of the molecule is O=C(Cn1cncn1)NC1CCN(c2ccccn2)C1. The molecule has 1 unspecified atom stereocenters. The molecule has 3 heterocycles. The van der Waals surface area contributed by atoms with Gasteiger partial charge in [0.05, 0.1) is 0 Å². The Bertz CT molecular complexity index is 556. The van der Waals surface area contributed by atoms with E-state index in [0.29, 0.717) is 0 Å². The van der Waals surface area contributed by atoms with Gasteiger partial charge in [0.1, 0.15) is 25.0 Å². The van der Waals surface area contributed by atoms with Crippen LogP contribution in [-0.2, 0) is 11.3 Å². The molecule has 0 saturated carbocycles. The van der Waals surface area contributed by atoms with Crippen LogP contribution in [0, 0.1) is 0 Å².